The van der Waals surface area contributed by atoms with Crippen molar-refractivity contribution < 1.29 is 24.2 Å². The van der Waals surface area contributed by atoms with E-state index in [0.29, 0.717) is 10.6 Å². The zero-order valence-electron chi connectivity index (χ0n) is 13.5. The Labute approximate surface area is 153 Å². The number of barbiturate groups is 1. The Balaban J connectivity index is 2.03. The number of rotatable bonds is 3. The number of amides is 4. The number of carbonyl (C=O) groups is 3. The van der Waals surface area contributed by atoms with Crippen LogP contribution >= 0.6 is 11.6 Å². The summed E-state index contributed by atoms with van der Waals surface area (Å²) >= 11 is 5.91. The van der Waals surface area contributed by atoms with E-state index in [1.807, 2.05) is 0 Å². The standard InChI is InChI=1S/C18H13ClN2O5/c1-26-15-8-10(5-6-14(15)22)7-13-16(23)20-18(25)21(17(13)24)12-4-2-3-11(19)9-12/h2-9,22H,1H3,(H,20,23,25). The fourth-order valence-electron chi connectivity index (χ4n) is 2.46. The monoisotopic (exact) mass is 372 g/mol. The second-order valence-corrected chi connectivity index (χ2v) is 5.81. The minimum Gasteiger partial charge on any atom is -0.504 e. The Hall–Kier alpha value is -3.32. The molecule has 2 aromatic rings. The summed E-state index contributed by atoms with van der Waals surface area (Å²) in [7, 11) is 1.38. The van der Waals surface area contributed by atoms with Gasteiger partial charge in [-0.05, 0) is 42.0 Å². The molecule has 3 rings (SSSR count). The molecule has 1 heterocycles. The maximum Gasteiger partial charge on any atom is 0.335 e. The largest absolute Gasteiger partial charge is 0.504 e. The summed E-state index contributed by atoms with van der Waals surface area (Å²) in [5.41, 5.74) is 0.442. The summed E-state index contributed by atoms with van der Waals surface area (Å²) in [5, 5.41) is 12.1. The van der Waals surface area contributed by atoms with E-state index in [1.165, 1.54) is 43.5 Å². The molecule has 0 spiro atoms. The number of imide groups is 2. The predicted molar refractivity (Wildman–Crippen MR) is 95.1 cm³/mol. The van der Waals surface area contributed by atoms with Crippen molar-refractivity contribution in [3.8, 4) is 11.5 Å². The van der Waals surface area contributed by atoms with Gasteiger partial charge in [-0.1, -0.05) is 23.7 Å². The number of halogens is 1. The number of carbonyl (C=O) groups excluding carboxylic acids is 3. The molecule has 0 aliphatic carbocycles. The first-order valence-corrected chi connectivity index (χ1v) is 7.82. The number of nitrogens with zero attached hydrogens (tertiary/aromatic N) is 1. The molecule has 0 bridgehead atoms. The predicted octanol–water partition coefficient (Wildman–Crippen LogP) is 2.72. The van der Waals surface area contributed by atoms with Crippen molar-refractivity contribution in [1.29, 1.82) is 0 Å². The number of methoxy groups -OCH3 is 1. The third-order valence-electron chi connectivity index (χ3n) is 3.68. The highest BCUT2D eigenvalue weighted by Crippen LogP contribution is 2.28. The molecule has 1 aliphatic heterocycles. The summed E-state index contributed by atoms with van der Waals surface area (Å²) < 4.78 is 5.01. The number of nitrogens with one attached hydrogen (secondary N) is 1. The molecule has 0 atom stereocenters. The lowest BCUT2D eigenvalue weighted by Gasteiger charge is -2.26. The van der Waals surface area contributed by atoms with Crippen LogP contribution < -0.4 is 15.0 Å². The van der Waals surface area contributed by atoms with Crippen molar-refractivity contribution in [2.45, 2.75) is 0 Å². The van der Waals surface area contributed by atoms with E-state index in [9.17, 15) is 19.5 Å². The molecule has 0 unspecified atom stereocenters. The highest BCUT2D eigenvalue weighted by Gasteiger charge is 2.36. The van der Waals surface area contributed by atoms with E-state index in [-0.39, 0.29) is 22.8 Å². The summed E-state index contributed by atoms with van der Waals surface area (Å²) in [5.74, 6) is -1.49. The number of phenols is 1. The second-order valence-electron chi connectivity index (χ2n) is 5.37. The molecule has 0 radical (unpaired) electrons. The summed E-state index contributed by atoms with van der Waals surface area (Å²) in [4.78, 5) is 37.8. The van der Waals surface area contributed by atoms with Crippen LogP contribution in [0.5, 0.6) is 11.5 Å². The maximum absolute atomic E-state index is 12.7. The van der Waals surface area contributed by atoms with E-state index in [1.54, 1.807) is 12.1 Å². The first kappa shape index (κ1) is 17.5. The van der Waals surface area contributed by atoms with Crippen LogP contribution in [-0.4, -0.2) is 30.1 Å². The normalized spacial score (nSPS) is 16.0. The van der Waals surface area contributed by atoms with Crippen LogP contribution in [0.2, 0.25) is 5.02 Å². The first-order valence-electron chi connectivity index (χ1n) is 7.44. The van der Waals surface area contributed by atoms with E-state index in [2.05, 4.69) is 5.32 Å². The van der Waals surface area contributed by atoms with Crippen LogP contribution in [0.3, 0.4) is 0 Å². The molecule has 8 heteroatoms. The molecule has 1 fully saturated rings. The SMILES string of the molecule is COc1cc(C=C2C(=O)NC(=O)N(c3cccc(Cl)c3)C2=O)ccc1O. The van der Waals surface area contributed by atoms with Crippen LogP contribution in [0.4, 0.5) is 10.5 Å². The number of hydrogen-bond acceptors (Lipinski definition) is 5. The Morgan fingerprint density at radius 3 is 2.62 bits per heavy atom. The first-order chi connectivity index (χ1) is 12.4. The van der Waals surface area contributed by atoms with Crippen LogP contribution in [0.15, 0.2) is 48.0 Å². The Kier molecular flexibility index (Phi) is 4.64. The molecule has 1 saturated heterocycles. The van der Waals surface area contributed by atoms with E-state index >= 15 is 0 Å². The van der Waals surface area contributed by atoms with Crippen LogP contribution in [-0.2, 0) is 9.59 Å². The van der Waals surface area contributed by atoms with Crippen LogP contribution in [0.1, 0.15) is 5.56 Å². The number of aromatic hydroxyl groups is 1. The molecule has 7 nitrogen and oxygen atoms in total. The third kappa shape index (κ3) is 3.25. The highest BCUT2D eigenvalue weighted by atomic mass is 35.5. The Morgan fingerprint density at radius 1 is 1.15 bits per heavy atom. The molecule has 0 aromatic heterocycles. The molecular formula is C18H13ClN2O5. The molecular weight excluding hydrogens is 360 g/mol. The van der Waals surface area contributed by atoms with Gasteiger partial charge < -0.3 is 9.84 Å². The Bertz CT molecular complexity index is 954. The van der Waals surface area contributed by atoms with Gasteiger partial charge in [-0.3, -0.25) is 14.9 Å². The minimum atomic E-state index is -0.859. The molecule has 26 heavy (non-hydrogen) atoms. The maximum atomic E-state index is 12.7. The number of ether oxygens (including phenoxy) is 1. The lowest BCUT2D eigenvalue weighted by Crippen LogP contribution is -2.54. The van der Waals surface area contributed by atoms with Crippen molar-refractivity contribution in [3.05, 3.63) is 58.6 Å². The van der Waals surface area contributed by atoms with Gasteiger partial charge in [-0.15, -0.1) is 0 Å². The lowest BCUT2D eigenvalue weighted by atomic mass is 10.1. The third-order valence-corrected chi connectivity index (χ3v) is 3.92. The summed E-state index contributed by atoms with van der Waals surface area (Å²) in [6.45, 7) is 0. The second kappa shape index (κ2) is 6.89. The van der Waals surface area contributed by atoms with Gasteiger partial charge in [-0.2, -0.15) is 0 Å². The Morgan fingerprint density at radius 2 is 1.92 bits per heavy atom. The van der Waals surface area contributed by atoms with Gasteiger partial charge in [0.05, 0.1) is 12.8 Å². The molecule has 4 amide bonds. The lowest BCUT2D eigenvalue weighted by molar-refractivity contribution is -0.122. The van der Waals surface area contributed by atoms with Crippen LogP contribution in [0.25, 0.3) is 6.08 Å². The molecule has 2 aromatic carbocycles. The average molecular weight is 373 g/mol. The van der Waals surface area contributed by atoms with Gasteiger partial charge in [0.2, 0.25) is 0 Å². The van der Waals surface area contributed by atoms with Gasteiger partial charge in [-0.25, -0.2) is 9.69 Å². The molecule has 2 N–H and O–H groups in total. The minimum absolute atomic E-state index is 0.0789. The fraction of sp³-hybridized carbons (Fsp3) is 0.0556. The van der Waals surface area contributed by atoms with Crippen molar-refractivity contribution in [1.82, 2.24) is 5.32 Å². The highest BCUT2D eigenvalue weighted by molar-refractivity contribution is 6.39. The van der Waals surface area contributed by atoms with Gasteiger partial charge in [0.15, 0.2) is 11.5 Å². The van der Waals surface area contributed by atoms with Crippen molar-refractivity contribution in [3.63, 3.8) is 0 Å². The zero-order chi connectivity index (χ0) is 18.8. The number of anilines is 1. The summed E-state index contributed by atoms with van der Waals surface area (Å²) in [6, 6.07) is 9.63. The quantitative estimate of drug-likeness (QED) is 0.638. The average Bonchev–Trinajstić information content (AvgIpc) is 2.60. The number of phenolic OH excluding ortho intramolecular Hbond substituents is 1. The van der Waals surface area contributed by atoms with E-state index in [0.717, 1.165) is 4.90 Å². The summed E-state index contributed by atoms with van der Waals surface area (Å²) in [6.07, 6.45) is 1.31. The van der Waals surface area contributed by atoms with E-state index < -0.39 is 17.8 Å². The van der Waals surface area contributed by atoms with Gasteiger partial charge in [0, 0.05) is 5.02 Å². The van der Waals surface area contributed by atoms with Crippen LogP contribution in [0, 0.1) is 0 Å². The molecule has 132 valence electrons. The number of hydrogen-bond donors (Lipinski definition) is 2. The van der Waals surface area contributed by atoms with Gasteiger partial charge in [0.25, 0.3) is 11.8 Å². The van der Waals surface area contributed by atoms with Crippen molar-refractivity contribution >= 4 is 41.2 Å². The fourth-order valence-corrected chi connectivity index (χ4v) is 2.64. The van der Waals surface area contributed by atoms with E-state index in [4.69, 9.17) is 16.3 Å². The van der Waals surface area contributed by atoms with Crippen molar-refractivity contribution in [2.75, 3.05) is 12.0 Å². The number of benzene rings is 2. The molecule has 1 aliphatic rings. The smallest absolute Gasteiger partial charge is 0.335 e. The van der Waals surface area contributed by atoms with Crippen molar-refractivity contribution in [2.24, 2.45) is 0 Å². The van der Waals surface area contributed by atoms with Gasteiger partial charge >= 0.3 is 6.03 Å². The molecule has 0 saturated carbocycles. The van der Waals surface area contributed by atoms with Gasteiger partial charge in [0.1, 0.15) is 5.57 Å². The topological polar surface area (TPSA) is 95.9 Å². The number of urea groups is 1. The zero-order valence-corrected chi connectivity index (χ0v) is 14.3.